The predicted octanol–water partition coefficient (Wildman–Crippen LogP) is 3.15. The molecule has 18 heavy (non-hydrogen) atoms. The van der Waals surface area contributed by atoms with Gasteiger partial charge in [-0.2, -0.15) is 0 Å². The van der Waals surface area contributed by atoms with Gasteiger partial charge in [0.2, 0.25) is 0 Å². The van der Waals surface area contributed by atoms with Crippen molar-refractivity contribution >= 4 is 6.92 Å². The molecule has 2 rings (SSSR count). The number of hydrogen-bond donors (Lipinski definition) is 0. The molecular formula is C14H21BO3. The normalized spacial score (nSPS) is 23.2. The van der Waals surface area contributed by atoms with Crippen molar-refractivity contribution in [2.45, 2.75) is 38.9 Å². The van der Waals surface area contributed by atoms with Gasteiger partial charge in [0.15, 0.2) is 6.29 Å². The molecule has 0 saturated carbocycles. The van der Waals surface area contributed by atoms with Crippen LogP contribution in [-0.2, 0) is 14.1 Å². The first kappa shape index (κ1) is 13.6. The summed E-state index contributed by atoms with van der Waals surface area (Å²) in [5.41, 5.74) is 1.07. The summed E-state index contributed by atoms with van der Waals surface area (Å²) in [6.07, 6.45) is 1.91. The minimum absolute atomic E-state index is 0.0517. The molecule has 1 aromatic carbocycles. The first-order valence-electron chi connectivity index (χ1n) is 6.77. The molecule has 1 fully saturated rings. The van der Waals surface area contributed by atoms with E-state index in [1.807, 2.05) is 30.3 Å². The molecule has 1 saturated heterocycles. The first-order valence-corrected chi connectivity index (χ1v) is 6.77. The maximum absolute atomic E-state index is 5.84. The van der Waals surface area contributed by atoms with E-state index in [-0.39, 0.29) is 12.4 Å². The van der Waals surface area contributed by atoms with Crippen LogP contribution in [0.4, 0.5) is 0 Å². The molecule has 2 atom stereocenters. The Morgan fingerprint density at radius 1 is 1.22 bits per heavy atom. The van der Waals surface area contributed by atoms with Gasteiger partial charge in [0.1, 0.15) is 6.10 Å². The van der Waals surface area contributed by atoms with Crippen molar-refractivity contribution in [3.63, 3.8) is 0 Å². The standard InChI is InChI=1S/C14H21BO3/c1-3-15(4-2)17-11-13-10-16-14(18-13)12-8-6-5-7-9-12/h5-9,13-14H,3-4,10-11H2,1-2H3. The van der Waals surface area contributed by atoms with Crippen LogP contribution in [0.2, 0.25) is 12.6 Å². The molecule has 1 aliphatic rings. The van der Waals surface area contributed by atoms with E-state index in [0.717, 1.165) is 18.2 Å². The van der Waals surface area contributed by atoms with E-state index in [2.05, 4.69) is 13.8 Å². The zero-order valence-electron chi connectivity index (χ0n) is 11.2. The SMILES string of the molecule is CCB(CC)OCC1COC(c2ccccc2)O1. The van der Waals surface area contributed by atoms with E-state index >= 15 is 0 Å². The second-order valence-electron chi connectivity index (χ2n) is 4.61. The van der Waals surface area contributed by atoms with Gasteiger partial charge in [0.25, 0.3) is 6.92 Å². The smallest absolute Gasteiger partial charge is 0.292 e. The zero-order valence-corrected chi connectivity index (χ0v) is 11.2. The van der Waals surface area contributed by atoms with E-state index < -0.39 is 0 Å². The molecule has 0 bridgehead atoms. The average Bonchev–Trinajstić information content (AvgIpc) is 2.90. The van der Waals surface area contributed by atoms with Gasteiger partial charge in [-0.3, -0.25) is 0 Å². The Balaban J connectivity index is 1.78. The van der Waals surface area contributed by atoms with E-state index in [4.69, 9.17) is 14.1 Å². The first-order chi connectivity index (χ1) is 8.83. The molecule has 0 radical (unpaired) electrons. The van der Waals surface area contributed by atoms with Gasteiger partial charge in [0.05, 0.1) is 13.2 Å². The lowest BCUT2D eigenvalue weighted by atomic mass is 9.62. The van der Waals surface area contributed by atoms with Crippen molar-refractivity contribution in [1.82, 2.24) is 0 Å². The van der Waals surface area contributed by atoms with Gasteiger partial charge >= 0.3 is 0 Å². The third kappa shape index (κ3) is 3.58. The molecule has 2 unspecified atom stereocenters. The molecule has 4 heteroatoms. The van der Waals surface area contributed by atoms with Gasteiger partial charge in [-0.25, -0.2) is 0 Å². The van der Waals surface area contributed by atoms with E-state index in [1.54, 1.807) is 0 Å². The monoisotopic (exact) mass is 248 g/mol. The fourth-order valence-corrected chi connectivity index (χ4v) is 2.09. The van der Waals surface area contributed by atoms with Crippen LogP contribution < -0.4 is 0 Å². The van der Waals surface area contributed by atoms with Gasteiger partial charge < -0.3 is 14.1 Å². The molecule has 1 aromatic rings. The Hall–Kier alpha value is -0.835. The van der Waals surface area contributed by atoms with Crippen LogP contribution in [0.3, 0.4) is 0 Å². The Kier molecular flexibility index (Phi) is 5.23. The van der Waals surface area contributed by atoms with Crippen molar-refractivity contribution in [2.75, 3.05) is 13.2 Å². The molecule has 0 aliphatic carbocycles. The zero-order chi connectivity index (χ0) is 12.8. The summed E-state index contributed by atoms with van der Waals surface area (Å²) >= 11 is 0. The lowest BCUT2D eigenvalue weighted by Crippen LogP contribution is -2.25. The molecule has 1 heterocycles. The average molecular weight is 248 g/mol. The quantitative estimate of drug-likeness (QED) is 0.724. The van der Waals surface area contributed by atoms with E-state index in [9.17, 15) is 0 Å². The maximum atomic E-state index is 5.84. The predicted molar refractivity (Wildman–Crippen MR) is 72.7 cm³/mol. The van der Waals surface area contributed by atoms with Gasteiger partial charge in [-0.1, -0.05) is 56.8 Å². The van der Waals surface area contributed by atoms with Crippen LogP contribution in [0.1, 0.15) is 25.7 Å². The molecule has 3 nitrogen and oxygen atoms in total. The van der Waals surface area contributed by atoms with Crippen molar-refractivity contribution in [3.8, 4) is 0 Å². The lowest BCUT2D eigenvalue weighted by Gasteiger charge is -2.15. The number of benzene rings is 1. The second kappa shape index (κ2) is 6.93. The third-order valence-corrected chi connectivity index (χ3v) is 3.25. The van der Waals surface area contributed by atoms with Crippen LogP contribution in [0.25, 0.3) is 0 Å². The maximum Gasteiger partial charge on any atom is 0.292 e. The summed E-state index contributed by atoms with van der Waals surface area (Å²) in [5.74, 6) is 0. The van der Waals surface area contributed by atoms with Crippen LogP contribution in [0, 0.1) is 0 Å². The highest BCUT2D eigenvalue weighted by atomic mass is 16.7. The van der Waals surface area contributed by atoms with Gasteiger partial charge in [-0.15, -0.1) is 0 Å². The summed E-state index contributed by atoms with van der Waals surface area (Å²) in [4.78, 5) is 0. The van der Waals surface area contributed by atoms with Gasteiger partial charge in [0, 0.05) is 5.56 Å². The number of hydrogen-bond acceptors (Lipinski definition) is 3. The van der Waals surface area contributed by atoms with Crippen molar-refractivity contribution in [1.29, 1.82) is 0 Å². The second-order valence-corrected chi connectivity index (χ2v) is 4.61. The summed E-state index contributed by atoms with van der Waals surface area (Å²) < 4.78 is 17.3. The highest BCUT2D eigenvalue weighted by Gasteiger charge is 2.28. The molecule has 1 aliphatic heterocycles. The number of rotatable bonds is 6. The molecule has 98 valence electrons. The molecular weight excluding hydrogens is 227 g/mol. The summed E-state index contributed by atoms with van der Waals surface area (Å²) in [5, 5.41) is 0. The molecule has 0 aromatic heterocycles. The highest BCUT2D eigenvalue weighted by Crippen LogP contribution is 2.26. The summed E-state index contributed by atoms with van der Waals surface area (Å²) in [6, 6.07) is 10.0. The molecule has 0 N–H and O–H groups in total. The molecule has 0 spiro atoms. The Morgan fingerprint density at radius 3 is 2.61 bits per heavy atom. The summed E-state index contributed by atoms with van der Waals surface area (Å²) in [6.45, 7) is 5.86. The van der Waals surface area contributed by atoms with E-state index in [1.165, 1.54) is 0 Å². The minimum atomic E-state index is -0.235. The highest BCUT2D eigenvalue weighted by molar-refractivity contribution is 6.51. The van der Waals surface area contributed by atoms with Crippen molar-refractivity contribution < 1.29 is 14.1 Å². The molecule has 0 amide bonds. The Bertz CT molecular complexity index is 340. The fourth-order valence-electron chi connectivity index (χ4n) is 2.09. The Labute approximate surface area is 110 Å². The largest absolute Gasteiger partial charge is 0.433 e. The summed E-state index contributed by atoms with van der Waals surface area (Å²) in [7, 11) is 0. The lowest BCUT2D eigenvalue weighted by molar-refractivity contribution is -0.0661. The van der Waals surface area contributed by atoms with Crippen molar-refractivity contribution in [2.24, 2.45) is 0 Å². The fraction of sp³-hybridized carbons (Fsp3) is 0.571. The third-order valence-electron chi connectivity index (χ3n) is 3.25. The van der Waals surface area contributed by atoms with E-state index in [0.29, 0.717) is 20.1 Å². The number of ether oxygens (including phenoxy) is 2. The van der Waals surface area contributed by atoms with Crippen LogP contribution in [-0.4, -0.2) is 26.2 Å². The Morgan fingerprint density at radius 2 is 1.94 bits per heavy atom. The minimum Gasteiger partial charge on any atom is -0.433 e. The van der Waals surface area contributed by atoms with Crippen LogP contribution in [0.15, 0.2) is 30.3 Å². The van der Waals surface area contributed by atoms with Crippen LogP contribution >= 0.6 is 0 Å². The van der Waals surface area contributed by atoms with Gasteiger partial charge in [-0.05, 0) is 0 Å². The van der Waals surface area contributed by atoms with Crippen LogP contribution in [0.5, 0.6) is 0 Å². The topological polar surface area (TPSA) is 27.7 Å². The van der Waals surface area contributed by atoms with Crippen molar-refractivity contribution in [3.05, 3.63) is 35.9 Å².